The Morgan fingerprint density at radius 2 is 1.78 bits per heavy atom. The zero-order valence-electron chi connectivity index (χ0n) is 16.9. The first-order chi connectivity index (χ1) is 15.6. The van der Waals surface area contributed by atoms with E-state index in [4.69, 9.17) is 18.6 Å². The quantitative estimate of drug-likeness (QED) is 0.521. The van der Waals surface area contributed by atoms with E-state index in [1.54, 1.807) is 24.3 Å². The van der Waals surface area contributed by atoms with Crippen LogP contribution in [0.2, 0.25) is 0 Å². The summed E-state index contributed by atoms with van der Waals surface area (Å²) in [6.45, 7) is -0.397. The molecule has 2 amide bonds. The van der Waals surface area contributed by atoms with Crippen LogP contribution in [0.4, 0.5) is 5.69 Å². The number of benzene rings is 2. The van der Waals surface area contributed by atoms with Gasteiger partial charge in [0.15, 0.2) is 23.9 Å². The standard InChI is InChI=1S/C23H20N2O7/c26-21(24-16-8-9-18-20(12-16)32-14-31-18)13-30-23(28)17(11-15-5-2-1-3-6-15)25-22(27)19-7-4-10-29-19/h1-10,12,17H,11,13-14H2,(H,24,26)(H,25,27). The second-order valence-electron chi connectivity index (χ2n) is 6.92. The van der Waals surface area contributed by atoms with Crippen LogP contribution in [-0.4, -0.2) is 37.2 Å². The molecule has 9 nitrogen and oxygen atoms in total. The fourth-order valence-electron chi connectivity index (χ4n) is 3.09. The SMILES string of the molecule is O=C(COC(=O)C(Cc1ccccc1)NC(=O)c1ccco1)Nc1ccc2c(c1)OCO2. The van der Waals surface area contributed by atoms with Crippen LogP contribution in [0.25, 0.3) is 0 Å². The summed E-state index contributed by atoms with van der Waals surface area (Å²) in [5.74, 6) is -0.662. The van der Waals surface area contributed by atoms with E-state index in [1.165, 1.54) is 12.3 Å². The Bertz CT molecular complexity index is 1100. The van der Waals surface area contributed by atoms with Crippen molar-refractivity contribution in [3.8, 4) is 11.5 Å². The third kappa shape index (κ3) is 5.25. The normalized spacial score (nSPS) is 12.6. The molecule has 2 heterocycles. The number of esters is 1. The highest BCUT2D eigenvalue weighted by atomic mass is 16.7. The van der Waals surface area contributed by atoms with E-state index in [-0.39, 0.29) is 19.0 Å². The Hall–Kier alpha value is -4.27. The van der Waals surface area contributed by atoms with E-state index in [2.05, 4.69) is 10.6 Å². The number of carbonyl (C=O) groups is 3. The van der Waals surface area contributed by atoms with Gasteiger partial charge < -0.3 is 29.3 Å². The highest BCUT2D eigenvalue weighted by Gasteiger charge is 2.25. The molecule has 0 bridgehead atoms. The van der Waals surface area contributed by atoms with Crippen LogP contribution in [0.3, 0.4) is 0 Å². The highest BCUT2D eigenvalue weighted by Crippen LogP contribution is 2.34. The number of anilines is 1. The van der Waals surface area contributed by atoms with Gasteiger partial charge in [0, 0.05) is 18.2 Å². The molecule has 3 aromatic rings. The Balaban J connectivity index is 1.36. The van der Waals surface area contributed by atoms with Gasteiger partial charge in [-0.2, -0.15) is 0 Å². The number of amides is 2. The monoisotopic (exact) mass is 436 g/mol. The van der Waals surface area contributed by atoms with Gasteiger partial charge in [0.05, 0.1) is 6.26 Å². The number of hydrogen-bond donors (Lipinski definition) is 2. The molecular weight excluding hydrogens is 416 g/mol. The lowest BCUT2D eigenvalue weighted by atomic mass is 10.1. The summed E-state index contributed by atoms with van der Waals surface area (Å²) in [6.07, 6.45) is 1.55. The van der Waals surface area contributed by atoms with Gasteiger partial charge in [-0.1, -0.05) is 30.3 Å². The van der Waals surface area contributed by atoms with Crippen LogP contribution in [-0.2, 0) is 20.7 Å². The van der Waals surface area contributed by atoms with Crippen molar-refractivity contribution < 1.29 is 33.0 Å². The Kier molecular flexibility index (Phi) is 6.35. The first kappa shape index (κ1) is 21.0. The second-order valence-corrected chi connectivity index (χ2v) is 6.92. The third-order valence-electron chi connectivity index (χ3n) is 4.62. The summed E-state index contributed by atoms with van der Waals surface area (Å²) in [5.41, 5.74) is 1.29. The molecule has 32 heavy (non-hydrogen) atoms. The van der Waals surface area contributed by atoms with E-state index in [1.807, 2.05) is 30.3 Å². The number of ether oxygens (including phenoxy) is 3. The maximum absolute atomic E-state index is 12.7. The summed E-state index contributed by atoms with van der Waals surface area (Å²) in [4.78, 5) is 37.3. The zero-order valence-corrected chi connectivity index (χ0v) is 16.9. The molecule has 9 heteroatoms. The van der Waals surface area contributed by atoms with Crippen LogP contribution in [0.1, 0.15) is 16.1 Å². The minimum atomic E-state index is -1.01. The molecule has 1 unspecified atom stereocenters. The maximum Gasteiger partial charge on any atom is 0.329 e. The van der Waals surface area contributed by atoms with Gasteiger partial charge in [0.2, 0.25) is 6.79 Å². The van der Waals surface area contributed by atoms with Crippen molar-refractivity contribution in [3.63, 3.8) is 0 Å². The van der Waals surface area contributed by atoms with Crippen LogP contribution < -0.4 is 20.1 Å². The van der Waals surface area contributed by atoms with Gasteiger partial charge in [-0.25, -0.2) is 4.79 Å². The average Bonchev–Trinajstić information content (AvgIpc) is 3.49. The van der Waals surface area contributed by atoms with Crippen molar-refractivity contribution in [2.24, 2.45) is 0 Å². The minimum Gasteiger partial charge on any atom is -0.459 e. The predicted octanol–water partition coefficient (Wildman–Crippen LogP) is 2.53. The third-order valence-corrected chi connectivity index (χ3v) is 4.62. The molecule has 0 spiro atoms. The molecule has 0 aliphatic carbocycles. The molecule has 1 aromatic heterocycles. The molecule has 1 atom stereocenters. The largest absolute Gasteiger partial charge is 0.459 e. The average molecular weight is 436 g/mol. The van der Waals surface area contributed by atoms with Gasteiger partial charge in [-0.3, -0.25) is 9.59 Å². The number of rotatable bonds is 8. The Labute approximate surface area is 183 Å². The van der Waals surface area contributed by atoms with E-state index in [0.29, 0.717) is 17.2 Å². The molecular formula is C23H20N2O7. The van der Waals surface area contributed by atoms with Crippen LogP contribution >= 0.6 is 0 Å². The minimum absolute atomic E-state index is 0.0661. The summed E-state index contributed by atoms with van der Waals surface area (Å²) in [7, 11) is 0. The molecule has 1 aliphatic rings. The summed E-state index contributed by atoms with van der Waals surface area (Å²) >= 11 is 0. The smallest absolute Gasteiger partial charge is 0.329 e. The lowest BCUT2D eigenvalue weighted by Crippen LogP contribution is -2.44. The number of furan rings is 1. The van der Waals surface area contributed by atoms with Crippen molar-refractivity contribution in [2.75, 3.05) is 18.7 Å². The van der Waals surface area contributed by atoms with E-state index in [9.17, 15) is 14.4 Å². The summed E-state index contributed by atoms with van der Waals surface area (Å²) in [6, 6.07) is 16.1. The summed E-state index contributed by atoms with van der Waals surface area (Å²) < 4.78 is 20.7. The fraction of sp³-hybridized carbons (Fsp3) is 0.174. The first-order valence-electron chi connectivity index (χ1n) is 9.83. The molecule has 0 saturated heterocycles. The Morgan fingerprint density at radius 3 is 2.56 bits per heavy atom. The number of carbonyl (C=O) groups excluding carboxylic acids is 3. The summed E-state index contributed by atoms with van der Waals surface area (Å²) in [5, 5.41) is 5.22. The number of nitrogens with one attached hydrogen (secondary N) is 2. The predicted molar refractivity (Wildman–Crippen MR) is 112 cm³/mol. The van der Waals surface area contributed by atoms with Crippen LogP contribution in [0.15, 0.2) is 71.3 Å². The lowest BCUT2D eigenvalue weighted by molar-refractivity contribution is -0.149. The number of fused-ring (bicyclic) bond motifs is 1. The molecule has 2 N–H and O–H groups in total. The molecule has 164 valence electrons. The second kappa shape index (κ2) is 9.69. The van der Waals surface area contributed by atoms with Crippen molar-refractivity contribution in [1.82, 2.24) is 5.32 Å². The van der Waals surface area contributed by atoms with E-state index >= 15 is 0 Å². The van der Waals surface area contributed by atoms with Gasteiger partial charge in [0.1, 0.15) is 6.04 Å². The molecule has 4 rings (SSSR count). The van der Waals surface area contributed by atoms with Crippen molar-refractivity contribution >= 4 is 23.5 Å². The first-order valence-corrected chi connectivity index (χ1v) is 9.83. The molecule has 0 fully saturated rings. The topological polar surface area (TPSA) is 116 Å². The highest BCUT2D eigenvalue weighted by molar-refractivity contribution is 5.96. The molecule has 2 aromatic carbocycles. The molecule has 1 aliphatic heterocycles. The van der Waals surface area contributed by atoms with E-state index < -0.39 is 30.4 Å². The van der Waals surface area contributed by atoms with Crippen molar-refractivity contribution in [1.29, 1.82) is 0 Å². The molecule has 0 saturated carbocycles. The maximum atomic E-state index is 12.7. The van der Waals surface area contributed by atoms with Crippen LogP contribution in [0, 0.1) is 0 Å². The fourth-order valence-corrected chi connectivity index (χ4v) is 3.09. The van der Waals surface area contributed by atoms with Gasteiger partial charge in [-0.15, -0.1) is 0 Å². The molecule has 0 radical (unpaired) electrons. The van der Waals surface area contributed by atoms with Crippen LogP contribution in [0.5, 0.6) is 11.5 Å². The van der Waals surface area contributed by atoms with Gasteiger partial charge in [0.25, 0.3) is 11.8 Å². The van der Waals surface area contributed by atoms with E-state index in [0.717, 1.165) is 5.56 Å². The van der Waals surface area contributed by atoms with Gasteiger partial charge >= 0.3 is 5.97 Å². The zero-order chi connectivity index (χ0) is 22.3. The van der Waals surface area contributed by atoms with Gasteiger partial charge in [-0.05, 0) is 29.8 Å². The Morgan fingerprint density at radius 1 is 0.969 bits per heavy atom. The van der Waals surface area contributed by atoms with Crippen molar-refractivity contribution in [3.05, 3.63) is 78.3 Å². The number of hydrogen-bond acceptors (Lipinski definition) is 7. The van der Waals surface area contributed by atoms with Crippen molar-refractivity contribution in [2.45, 2.75) is 12.5 Å². The lowest BCUT2D eigenvalue weighted by Gasteiger charge is -2.17.